The fraction of sp³-hybridized carbons (Fsp3) is 0.385. The van der Waals surface area contributed by atoms with Crippen molar-refractivity contribution >= 4 is 17.6 Å². The molecule has 6 heteroatoms. The molecule has 3 amide bonds. The van der Waals surface area contributed by atoms with Crippen LogP contribution in [0.3, 0.4) is 0 Å². The number of nitrogens with zero attached hydrogens (tertiary/aromatic N) is 2. The third-order valence-electron chi connectivity index (χ3n) is 2.94. The second kappa shape index (κ2) is 5.17. The molecule has 1 aliphatic rings. The Morgan fingerprint density at radius 2 is 2.11 bits per heavy atom. The molecule has 1 heterocycles. The number of hydrogen-bond donors (Lipinski definition) is 1. The van der Waals surface area contributed by atoms with Crippen LogP contribution >= 0.6 is 0 Å². The molecular weight excluding hydrogens is 246 g/mol. The smallest absolute Gasteiger partial charge is 0.327 e. The van der Waals surface area contributed by atoms with Gasteiger partial charge in [0.05, 0.1) is 13.2 Å². The Morgan fingerprint density at radius 3 is 2.68 bits per heavy atom. The number of nitrogen functional groups attached to an aromatic ring is 1. The average molecular weight is 263 g/mol. The van der Waals surface area contributed by atoms with E-state index < -0.39 is 0 Å². The van der Waals surface area contributed by atoms with Crippen LogP contribution in [0, 0.1) is 0 Å². The van der Waals surface area contributed by atoms with Crippen LogP contribution < -0.4 is 10.5 Å². The van der Waals surface area contributed by atoms with Crippen molar-refractivity contribution in [3.8, 4) is 5.75 Å². The Hall–Kier alpha value is -2.24. The van der Waals surface area contributed by atoms with Crippen LogP contribution in [0.2, 0.25) is 0 Å². The van der Waals surface area contributed by atoms with Crippen LogP contribution in [0.25, 0.3) is 0 Å². The predicted molar refractivity (Wildman–Crippen MR) is 70.6 cm³/mol. The highest BCUT2D eigenvalue weighted by Gasteiger charge is 2.33. The van der Waals surface area contributed by atoms with E-state index in [0.717, 1.165) is 5.56 Å². The number of nitrogens with two attached hydrogens (primary N) is 1. The fourth-order valence-electron chi connectivity index (χ4n) is 2.01. The maximum absolute atomic E-state index is 11.8. The SMILES string of the molecule is CCOc1ccc(N)cc1CN1C(=O)CN(C)C1=O. The number of ether oxygens (including phenoxy) is 1. The zero-order chi connectivity index (χ0) is 14.0. The number of carbonyl (C=O) groups excluding carboxylic acids is 2. The first-order valence-electron chi connectivity index (χ1n) is 6.09. The summed E-state index contributed by atoms with van der Waals surface area (Å²) in [6.45, 7) is 2.69. The molecule has 0 bridgehead atoms. The lowest BCUT2D eigenvalue weighted by atomic mass is 10.1. The van der Waals surface area contributed by atoms with Gasteiger partial charge in [-0.05, 0) is 25.1 Å². The van der Waals surface area contributed by atoms with Gasteiger partial charge in [0.1, 0.15) is 12.3 Å². The molecule has 19 heavy (non-hydrogen) atoms. The highest BCUT2D eigenvalue weighted by Crippen LogP contribution is 2.24. The van der Waals surface area contributed by atoms with E-state index in [-0.39, 0.29) is 25.0 Å². The first-order valence-corrected chi connectivity index (χ1v) is 6.09. The van der Waals surface area contributed by atoms with Crippen LogP contribution in [0.15, 0.2) is 18.2 Å². The normalized spacial score (nSPS) is 15.3. The maximum Gasteiger partial charge on any atom is 0.327 e. The number of carbonyl (C=O) groups is 2. The number of urea groups is 1. The van der Waals surface area contributed by atoms with Crippen LogP contribution in [0.4, 0.5) is 10.5 Å². The molecule has 1 aromatic carbocycles. The molecule has 1 fully saturated rings. The molecule has 6 nitrogen and oxygen atoms in total. The molecule has 1 saturated heterocycles. The molecule has 0 atom stereocenters. The molecule has 0 spiro atoms. The lowest BCUT2D eigenvalue weighted by Crippen LogP contribution is -2.31. The van der Waals surface area contributed by atoms with Crippen LogP contribution in [0.1, 0.15) is 12.5 Å². The summed E-state index contributed by atoms with van der Waals surface area (Å²) in [5, 5.41) is 0. The summed E-state index contributed by atoms with van der Waals surface area (Å²) < 4.78 is 5.48. The molecule has 0 saturated carbocycles. The van der Waals surface area contributed by atoms with Crippen molar-refractivity contribution in [2.24, 2.45) is 0 Å². The van der Waals surface area contributed by atoms with Crippen molar-refractivity contribution in [3.05, 3.63) is 23.8 Å². The quantitative estimate of drug-likeness (QED) is 0.651. The standard InChI is InChI=1S/C13H17N3O3/c1-3-19-11-5-4-10(14)6-9(11)7-16-12(17)8-15(2)13(16)18/h4-6H,3,7-8,14H2,1-2H3. The minimum atomic E-state index is -0.296. The largest absolute Gasteiger partial charge is 0.494 e. The number of benzene rings is 1. The summed E-state index contributed by atoms with van der Waals surface area (Å²) in [5.74, 6) is 0.434. The molecule has 2 rings (SSSR count). The van der Waals surface area contributed by atoms with Gasteiger partial charge < -0.3 is 15.4 Å². The van der Waals surface area contributed by atoms with Crippen molar-refractivity contribution in [2.75, 3.05) is 25.9 Å². The van der Waals surface area contributed by atoms with E-state index in [4.69, 9.17) is 10.5 Å². The molecule has 2 N–H and O–H groups in total. The first kappa shape index (κ1) is 13.2. The number of anilines is 1. The minimum Gasteiger partial charge on any atom is -0.494 e. The number of amides is 3. The number of likely N-dealkylation sites (N-methyl/N-ethyl adjacent to an activating group) is 1. The summed E-state index contributed by atoms with van der Waals surface area (Å²) in [6, 6.07) is 4.91. The van der Waals surface area contributed by atoms with Crippen molar-refractivity contribution in [3.63, 3.8) is 0 Å². The molecular formula is C13H17N3O3. The third kappa shape index (κ3) is 2.62. The molecule has 1 aliphatic heterocycles. The zero-order valence-corrected chi connectivity index (χ0v) is 11.0. The van der Waals surface area contributed by atoms with E-state index in [1.165, 1.54) is 9.80 Å². The van der Waals surface area contributed by atoms with Crippen LogP contribution in [-0.2, 0) is 11.3 Å². The second-order valence-electron chi connectivity index (χ2n) is 4.42. The van der Waals surface area contributed by atoms with Crippen molar-refractivity contribution in [1.29, 1.82) is 0 Å². The minimum absolute atomic E-state index is 0.116. The Kier molecular flexibility index (Phi) is 3.59. The van der Waals surface area contributed by atoms with Gasteiger partial charge in [-0.15, -0.1) is 0 Å². The monoisotopic (exact) mass is 263 g/mol. The maximum atomic E-state index is 11.8. The van der Waals surface area contributed by atoms with E-state index in [1.807, 2.05) is 6.92 Å². The summed E-state index contributed by atoms with van der Waals surface area (Å²) in [4.78, 5) is 26.2. The number of rotatable bonds is 4. The van der Waals surface area contributed by atoms with Gasteiger partial charge in [-0.3, -0.25) is 9.69 Å². The summed E-state index contributed by atoms with van der Waals surface area (Å²) in [6.07, 6.45) is 0. The van der Waals surface area contributed by atoms with Crippen LogP contribution in [-0.4, -0.2) is 41.9 Å². The first-order chi connectivity index (χ1) is 9.02. The molecule has 0 unspecified atom stereocenters. The van der Waals surface area contributed by atoms with Gasteiger partial charge in [-0.25, -0.2) is 4.79 Å². The van der Waals surface area contributed by atoms with Gasteiger partial charge >= 0.3 is 6.03 Å². The fourth-order valence-corrected chi connectivity index (χ4v) is 2.01. The van der Waals surface area contributed by atoms with E-state index in [9.17, 15) is 9.59 Å². The van der Waals surface area contributed by atoms with Gasteiger partial charge in [0.15, 0.2) is 0 Å². The highest BCUT2D eigenvalue weighted by atomic mass is 16.5. The predicted octanol–water partition coefficient (Wildman–Crippen LogP) is 1.06. The van der Waals surface area contributed by atoms with Gasteiger partial charge in [0, 0.05) is 18.3 Å². The number of hydrogen-bond acceptors (Lipinski definition) is 4. The van der Waals surface area contributed by atoms with E-state index in [0.29, 0.717) is 18.0 Å². The lowest BCUT2D eigenvalue weighted by molar-refractivity contribution is -0.125. The Morgan fingerprint density at radius 1 is 1.37 bits per heavy atom. The van der Waals surface area contributed by atoms with Crippen LogP contribution in [0.5, 0.6) is 5.75 Å². The molecule has 0 aromatic heterocycles. The van der Waals surface area contributed by atoms with E-state index >= 15 is 0 Å². The third-order valence-corrected chi connectivity index (χ3v) is 2.94. The van der Waals surface area contributed by atoms with Gasteiger partial charge in [0.2, 0.25) is 0 Å². The van der Waals surface area contributed by atoms with Gasteiger partial charge in [-0.1, -0.05) is 0 Å². The molecule has 102 valence electrons. The Labute approximate surface area is 111 Å². The highest BCUT2D eigenvalue weighted by molar-refractivity contribution is 6.01. The zero-order valence-electron chi connectivity index (χ0n) is 11.0. The molecule has 1 aromatic rings. The van der Waals surface area contributed by atoms with Crippen molar-refractivity contribution in [2.45, 2.75) is 13.5 Å². The van der Waals surface area contributed by atoms with E-state index in [1.54, 1.807) is 25.2 Å². The number of imide groups is 1. The Bertz CT molecular complexity index is 516. The van der Waals surface area contributed by atoms with Crippen molar-refractivity contribution in [1.82, 2.24) is 9.80 Å². The summed E-state index contributed by atoms with van der Waals surface area (Å²) >= 11 is 0. The lowest BCUT2D eigenvalue weighted by Gasteiger charge is -2.17. The molecule has 0 aliphatic carbocycles. The Balaban J connectivity index is 2.25. The summed E-state index contributed by atoms with van der Waals surface area (Å²) in [7, 11) is 1.60. The second-order valence-corrected chi connectivity index (χ2v) is 4.42. The van der Waals surface area contributed by atoms with Crippen molar-refractivity contribution < 1.29 is 14.3 Å². The topological polar surface area (TPSA) is 75.9 Å². The van der Waals surface area contributed by atoms with E-state index in [2.05, 4.69) is 0 Å². The van der Waals surface area contributed by atoms with Gasteiger partial charge in [0.25, 0.3) is 5.91 Å². The van der Waals surface area contributed by atoms with Gasteiger partial charge in [-0.2, -0.15) is 0 Å². The summed E-state index contributed by atoms with van der Waals surface area (Å²) in [5.41, 5.74) is 7.05. The average Bonchev–Trinajstić information content (AvgIpc) is 2.59. The molecule has 0 radical (unpaired) electrons.